The minimum atomic E-state index is -3.36. The summed E-state index contributed by atoms with van der Waals surface area (Å²) in [5.41, 5.74) is 0. The lowest BCUT2D eigenvalue weighted by Gasteiger charge is -2.34. The van der Waals surface area contributed by atoms with E-state index in [1.54, 1.807) is 0 Å². The molecule has 0 aliphatic heterocycles. The van der Waals surface area contributed by atoms with E-state index in [0.29, 0.717) is 12.8 Å². The molecule has 0 spiro atoms. The van der Waals surface area contributed by atoms with E-state index in [9.17, 15) is 9.67 Å². The molecule has 0 saturated heterocycles. The molecule has 1 fully saturated rings. The van der Waals surface area contributed by atoms with Crippen LogP contribution < -0.4 is 0 Å². The largest absolute Gasteiger partial charge is 0.377 e. The van der Waals surface area contributed by atoms with Crippen LogP contribution in [0.2, 0.25) is 0 Å². The average Bonchev–Trinajstić information content (AvgIpc) is 2.22. The Labute approximate surface area is 91.5 Å². The fourth-order valence-corrected chi connectivity index (χ4v) is 3.85. The van der Waals surface area contributed by atoms with Gasteiger partial charge in [-0.1, -0.05) is 19.3 Å². The molecule has 1 saturated carbocycles. The van der Waals surface area contributed by atoms with Gasteiger partial charge in [-0.2, -0.15) is 0 Å². The molecule has 90 valence electrons. The lowest BCUT2D eigenvalue weighted by Crippen LogP contribution is -2.30. The van der Waals surface area contributed by atoms with Gasteiger partial charge >= 0.3 is 7.60 Å². The van der Waals surface area contributed by atoms with Crippen molar-refractivity contribution in [2.45, 2.75) is 50.3 Å². The smallest absolute Gasteiger partial charge is 0.361 e. The Morgan fingerprint density at radius 1 is 1.00 bits per heavy atom. The quantitative estimate of drug-likeness (QED) is 0.765. The highest BCUT2D eigenvalue weighted by molar-refractivity contribution is 7.55. The van der Waals surface area contributed by atoms with Crippen molar-refractivity contribution in [1.82, 2.24) is 0 Å². The lowest BCUT2D eigenvalue weighted by atomic mass is 9.98. The molecule has 5 heteroatoms. The third-order valence-electron chi connectivity index (χ3n) is 3.14. The molecular formula is C10H21O4P. The molecule has 0 heterocycles. The van der Waals surface area contributed by atoms with Gasteiger partial charge in [-0.3, -0.25) is 4.57 Å². The highest BCUT2D eigenvalue weighted by Gasteiger charge is 2.47. The third-order valence-corrected chi connectivity index (χ3v) is 5.57. The van der Waals surface area contributed by atoms with Crippen LogP contribution in [0.5, 0.6) is 0 Å². The molecule has 1 N–H and O–H groups in total. The van der Waals surface area contributed by atoms with Gasteiger partial charge in [0.2, 0.25) is 0 Å². The van der Waals surface area contributed by atoms with E-state index in [0.717, 1.165) is 25.7 Å². The van der Waals surface area contributed by atoms with Crippen LogP contribution >= 0.6 is 7.60 Å². The van der Waals surface area contributed by atoms with Gasteiger partial charge in [-0.15, -0.1) is 0 Å². The first-order valence-electron chi connectivity index (χ1n) is 5.52. The molecule has 1 rings (SSSR count). The number of rotatable bonds is 3. The maximum absolute atomic E-state index is 12.2. The van der Waals surface area contributed by atoms with E-state index < -0.39 is 12.9 Å². The predicted molar refractivity (Wildman–Crippen MR) is 58.9 cm³/mol. The van der Waals surface area contributed by atoms with Crippen molar-refractivity contribution in [2.75, 3.05) is 14.2 Å². The maximum Gasteiger partial charge on any atom is 0.361 e. The van der Waals surface area contributed by atoms with Crippen LogP contribution in [-0.4, -0.2) is 24.7 Å². The summed E-state index contributed by atoms with van der Waals surface area (Å²) in [6, 6.07) is 0. The molecule has 0 radical (unpaired) electrons. The van der Waals surface area contributed by atoms with Crippen molar-refractivity contribution in [1.29, 1.82) is 0 Å². The second-order valence-electron chi connectivity index (χ2n) is 4.11. The number of aliphatic hydroxyl groups is 1. The molecule has 1 aliphatic rings. The van der Waals surface area contributed by atoms with Crippen LogP contribution in [0, 0.1) is 0 Å². The van der Waals surface area contributed by atoms with Gasteiger partial charge in [-0.25, -0.2) is 0 Å². The molecule has 0 atom stereocenters. The standard InChI is InChI=1S/C10H21O4P/c1-13-15(12,14-2)10(11)8-6-4-3-5-7-9-10/h11H,3-9H2,1-2H3. The van der Waals surface area contributed by atoms with Gasteiger partial charge in [0.15, 0.2) is 5.34 Å². The topological polar surface area (TPSA) is 55.8 Å². The van der Waals surface area contributed by atoms with E-state index >= 15 is 0 Å². The highest BCUT2D eigenvalue weighted by atomic mass is 31.2. The van der Waals surface area contributed by atoms with Gasteiger partial charge in [-0.05, 0) is 25.7 Å². The third kappa shape index (κ3) is 2.82. The summed E-state index contributed by atoms with van der Waals surface area (Å²) >= 11 is 0. The Balaban J connectivity index is 2.80. The van der Waals surface area contributed by atoms with Gasteiger partial charge in [0, 0.05) is 14.2 Å². The maximum atomic E-state index is 12.2. The normalized spacial score (nSPS) is 23.1. The van der Waals surface area contributed by atoms with Crippen molar-refractivity contribution in [3.8, 4) is 0 Å². The van der Waals surface area contributed by atoms with E-state index in [2.05, 4.69) is 0 Å². The number of hydrogen-bond donors (Lipinski definition) is 1. The summed E-state index contributed by atoms with van der Waals surface area (Å²) in [6.45, 7) is 0. The Bertz CT molecular complexity index is 226. The first-order chi connectivity index (χ1) is 7.08. The van der Waals surface area contributed by atoms with Gasteiger partial charge in [0.1, 0.15) is 0 Å². The van der Waals surface area contributed by atoms with Crippen molar-refractivity contribution in [3.05, 3.63) is 0 Å². The zero-order valence-corrected chi connectivity index (χ0v) is 10.5. The summed E-state index contributed by atoms with van der Waals surface area (Å²) in [4.78, 5) is 0. The van der Waals surface area contributed by atoms with E-state index in [-0.39, 0.29) is 0 Å². The average molecular weight is 236 g/mol. The first kappa shape index (κ1) is 13.2. The van der Waals surface area contributed by atoms with Crippen LogP contribution in [0.4, 0.5) is 0 Å². The molecule has 0 amide bonds. The van der Waals surface area contributed by atoms with Crippen LogP contribution in [0.3, 0.4) is 0 Å². The van der Waals surface area contributed by atoms with E-state index in [1.807, 2.05) is 0 Å². The zero-order valence-electron chi connectivity index (χ0n) is 9.57. The highest BCUT2D eigenvalue weighted by Crippen LogP contribution is 2.61. The molecular weight excluding hydrogens is 215 g/mol. The summed E-state index contributed by atoms with van der Waals surface area (Å²) in [7, 11) is -0.691. The SMILES string of the molecule is COP(=O)(OC)C1(O)CCCCCCC1. The van der Waals surface area contributed by atoms with Crippen molar-refractivity contribution >= 4 is 7.60 Å². The molecule has 0 aromatic rings. The Morgan fingerprint density at radius 2 is 1.40 bits per heavy atom. The minimum Gasteiger partial charge on any atom is -0.377 e. The van der Waals surface area contributed by atoms with Gasteiger partial charge in [0.05, 0.1) is 0 Å². The van der Waals surface area contributed by atoms with Crippen LogP contribution in [-0.2, 0) is 13.6 Å². The van der Waals surface area contributed by atoms with Crippen molar-refractivity contribution < 1.29 is 18.7 Å². The predicted octanol–water partition coefficient (Wildman–Crippen LogP) is 2.91. The molecule has 15 heavy (non-hydrogen) atoms. The van der Waals surface area contributed by atoms with Crippen LogP contribution in [0.15, 0.2) is 0 Å². The summed E-state index contributed by atoms with van der Waals surface area (Å²) in [6.07, 6.45) is 6.13. The summed E-state index contributed by atoms with van der Waals surface area (Å²) < 4.78 is 22.0. The van der Waals surface area contributed by atoms with E-state index in [4.69, 9.17) is 9.05 Å². The minimum absolute atomic E-state index is 0.506. The second-order valence-corrected chi connectivity index (χ2v) is 6.67. The number of hydrogen-bond acceptors (Lipinski definition) is 4. The summed E-state index contributed by atoms with van der Waals surface area (Å²) in [5.74, 6) is 0. The monoisotopic (exact) mass is 236 g/mol. The Morgan fingerprint density at radius 3 is 1.80 bits per heavy atom. The van der Waals surface area contributed by atoms with Gasteiger partial charge in [0.25, 0.3) is 0 Å². The van der Waals surface area contributed by atoms with Crippen molar-refractivity contribution in [3.63, 3.8) is 0 Å². The van der Waals surface area contributed by atoms with E-state index in [1.165, 1.54) is 20.6 Å². The molecule has 0 unspecified atom stereocenters. The van der Waals surface area contributed by atoms with Crippen molar-refractivity contribution in [2.24, 2.45) is 0 Å². The Hall–Kier alpha value is 0.110. The molecule has 4 nitrogen and oxygen atoms in total. The van der Waals surface area contributed by atoms with Crippen LogP contribution in [0.25, 0.3) is 0 Å². The molecule has 0 bridgehead atoms. The Kier molecular flexibility index (Phi) is 4.78. The second kappa shape index (κ2) is 5.44. The first-order valence-corrected chi connectivity index (χ1v) is 7.06. The zero-order chi connectivity index (χ0) is 11.4. The fraction of sp³-hybridized carbons (Fsp3) is 1.00. The summed E-state index contributed by atoms with van der Waals surface area (Å²) in [5, 5.41) is 9.10. The van der Waals surface area contributed by atoms with Gasteiger partial charge < -0.3 is 14.2 Å². The molecule has 0 aromatic carbocycles. The molecule has 0 aromatic heterocycles. The molecule has 1 aliphatic carbocycles. The fourth-order valence-electron chi connectivity index (χ4n) is 2.16. The van der Waals surface area contributed by atoms with Crippen LogP contribution in [0.1, 0.15) is 44.9 Å². The lowest BCUT2D eigenvalue weighted by molar-refractivity contribution is 0.0547.